The van der Waals surface area contributed by atoms with Gasteiger partial charge in [0.05, 0.1) is 20.6 Å². The van der Waals surface area contributed by atoms with E-state index in [1.807, 2.05) is 30.3 Å². The second-order valence-electron chi connectivity index (χ2n) is 5.21. The molecule has 1 aromatic heterocycles. The standard InChI is InChI=1S/C17H11Cl2NO4S2/c18-12-7-6-11(8-13(12)19)26(23,24)20-14-9-15(25-16(14)17(21)22)10-4-2-1-3-5-10/h1-9,20H,(H,21,22). The maximum Gasteiger partial charge on any atom is 0.348 e. The average Bonchev–Trinajstić information content (AvgIpc) is 3.01. The topological polar surface area (TPSA) is 83.5 Å². The fraction of sp³-hybridized carbons (Fsp3) is 0. The molecule has 0 atom stereocenters. The van der Waals surface area contributed by atoms with Gasteiger partial charge in [0.25, 0.3) is 10.0 Å². The molecule has 0 amide bonds. The van der Waals surface area contributed by atoms with E-state index in [1.165, 1.54) is 24.3 Å². The van der Waals surface area contributed by atoms with Gasteiger partial charge in [0, 0.05) is 4.88 Å². The molecule has 0 aliphatic rings. The lowest BCUT2D eigenvalue weighted by Gasteiger charge is -2.08. The zero-order chi connectivity index (χ0) is 18.9. The van der Waals surface area contributed by atoms with Crippen LogP contribution in [0.15, 0.2) is 59.5 Å². The summed E-state index contributed by atoms with van der Waals surface area (Å²) in [5.74, 6) is -1.22. The zero-order valence-corrected chi connectivity index (χ0v) is 16.1. The van der Waals surface area contributed by atoms with Crippen LogP contribution in [0.3, 0.4) is 0 Å². The van der Waals surface area contributed by atoms with Gasteiger partial charge in [0.2, 0.25) is 0 Å². The first kappa shape index (κ1) is 18.7. The van der Waals surface area contributed by atoms with Crippen LogP contribution >= 0.6 is 34.5 Å². The van der Waals surface area contributed by atoms with E-state index in [9.17, 15) is 18.3 Å². The maximum atomic E-state index is 12.6. The lowest BCUT2D eigenvalue weighted by molar-refractivity contribution is 0.0703. The molecule has 3 rings (SSSR count). The minimum atomic E-state index is -4.03. The Labute approximate surface area is 163 Å². The summed E-state index contributed by atoms with van der Waals surface area (Å²) < 4.78 is 27.5. The monoisotopic (exact) mass is 427 g/mol. The molecule has 9 heteroatoms. The highest BCUT2D eigenvalue weighted by molar-refractivity contribution is 7.92. The van der Waals surface area contributed by atoms with Crippen LogP contribution in [0.5, 0.6) is 0 Å². The fourth-order valence-electron chi connectivity index (χ4n) is 2.22. The Balaban J connectivity index is 2.02. The van der Waals surface area contributed by atoms with E-state index >= 15 is 0 Å². The summed E-state index contributed by atoms with van der Waals surface area (Å²) in [5, 5.41) is 9.72. The van der Waals surface area contributed by atoms with Crippen LogP contribution in [0.2, 0.25) is 10.0 Å². The van der Waals surface area contributed by atoms with Crippen molar-refractivity contribution in [3.8, 4) is 10.4 Å². The number of carbonyl (C=O) groups is 1. The predicted octanol–water partition coefficient (Wildman–Crippen LogP) is 5.22. The number of halogens is 2. The number of nitrogens with one attached hydrogen (secondary N) is 1. The van der Waals surface area contributed by atoms with Crippen molar-refractivity contribution in [1.82, 2.24) is 0 Å². The molecule has 0 saturated heterocycles. The normalized spacial score (nSPS) is 11.3. The van der Waals surface area contributed by atoms with Crippen molar-refractivity contribution in [1.29, 1.82) is 0 Å². The third kappa shape index (κ3) is 3.86. The van der Waals surface area contributed by atoms with E-state index in [1.54, 1.807) is 0 Å². The Morgan fingerprint density at radius 1 is 1.00 bits per heavy atom. The minimum absolute atomic E-state index is 0.00701. The fourth-order valence-corrected chi connectivity index (χ4v) is 4.69. The highest BCUT2D eigenvalue weighted by Crippen LogP contribution is 2.36. The molecule has 5 nitrogen and oxygen atoms in total. The molecule has 3 aromatic rings. The smallest absolute Gasteiger partial charge is 0.348 e. The van der Waals surface area contributed by atoms with Crippen LogP contribution in [0.1, 0.15) is 9.67 Å². The third-order valence-corrected chi connectivity index (χ3v) is 6.70. The molecule has 0 saturated carbocycles. The lowest BCUT2D eigenvalue weighted by Crippen LogP contribution is -2.14. The highest BCUT2D eigenvalue weighted by atomic mass is 35.5. The quantitative estimate of drug-likeness (QED) is 0.584. The first-order chi connectivity index (χ1) is 12.3. The van der Waals surface area contributed by atoms with Crippen LogP contribution in [0.4, 0.5) is 5.69 Å². The Morgan fingerprint density at radius 3 is 2.31 bits per heavy atom. The summed E-state index contributed by atoms with van der Waals surface area (Å²) in [6.45, 7) is 0. The first-order valence-corrected chi connectivity index (χ1v) is 10.2. The molecule has 26 heavy (non-hydrogen) atoms. The highest BCUT2D eigenvalue weighted by Gasteiger charge is 2.22. The third-order valence-electron chi connectivity index (χ3n) is 3.43. The van der Waals surface area contributed by atoms with Gasteiger partial charge < -0.3 is 5.11 Å². The van der Waals surface area contributed by atoms with E-state index < -0.39 is 16.0 Å². The number of rotatable bonds is 5. The summed E-state index contributed by atoms with van der Waals surface area (Å²) >= 11 is 12.7. The first-order valence-electron chi connectivity index (χ1n) is 7.18. The SMILES string of the molecule is O=C(O)c1sc(-c2ccccc2)cc1NS(=O)(=O)c1ccc(Cl)c(Cl)c1. The number of benzene rings is 2. The minimum Gasteiger partial charge on any atom is -0.477 e. The Morgan fingerprint density at radius 2 is 1.69 bits per heavy atom. The molecular formula is C17H11Cl2NO4S2. The van der Waals surface area contributed by atoms with Crippen molar-refractivity contribution >= 4 is 56.2 Å². The summed E-state index contributed by atoms with van der Waals surface area (Å²) in [5.41, 5.74) is 0.785. The van der Waals surface area contributed by atoms with E-state index in [4.69, 9.17) is 23.2 Å². The van der Waals surface area contributed by atoms with Gasteiger partial charge >= 0.3 is 5.97 Å². The summed E-state index contributed by atoms with van der Waals surface area (Å²) in [6, 6.07) is 14.5. The largest absolute Gasteiger partial charge is 0.477 e. The van der Waals surface area contributed by atoms with Crippen molar-refractivity contribution in [3.05, 3.63) is 69.5 Å². The zero-order valence-electron chi connectivity index (χ0n) is 12.9. The number of carboxylic acids is 1. The van der Waals surface area contributed by atoms with Gasteiger partial charge in [0.1, 0.15) is 4.88 Å². The van der Waals surface area contributed by atoms with E-state index in [0.717, 1.165) is 16.9 Å². The van der Waals surface area contributed by atoms with Gasteiger partial charge in [-0.1, -0.05) is 53.5 Å². The van der Waals surface area contributed by atoms with Gasteiger partial charge in [0.15, 0.2) is 0 Å². The Kier molecular flexibility index (Phi) is 5.24. The number of thiophene rings is 1. The maximum absolute atomic E-state index is 12.6. The molecule has 0 radical (unpaired) electrons. The molecule has 2 N–H and O–H groups in total. The summed E-state index contributed by atoms with van der Waals surface area (Å²) in [7, 11) is -4.03. The number of carboxylic acid groups (broad SMARTS) is 1. The van der Waals surface area contributed by atoms with Gasteiger partial charge in [-0.3, -0.25) is 4.72 Å². The van der Waals surface area contributed by atoms with Crippen LogP contribution in [-0.2, 0) is 10.0 Å². The molecule has 0 spiro atoms. The van der Waals surface area contributed by atoms with Gasteiger partial charge in [-0.15, -0.1) is 11.3 Å². The van der Waals surface area contributed by atoms with Crippen molar-refractivity contribution in [2.75, 3.05) is 4.72 Å². The molecule has 2 aromatic carbocycles. The van der Waals surface area contributed by atoms with Crippen LogP contribution < -0.4 is 4.72 Å². The van der Waals surface area contributed by atoms with E-state index in [-0.39, 0.29) is 25.5 Å². The van der Waals surface area contributed by atoms with Crippen molar-refractivity contribution in [2.24, 2.45) is 0 Å². The molecular weight excluding hydrogens is 417 g/mol. The van der Waals surface area contributed by atoms with Crippen LogP contribution in [-0.4, -0.2) is 19.5 Å². The molecule has 0 fully saturated rings. The number of sulfonamides is 1. The molecule has 134 valence electrons. The van der Waals surface area contributed by atoms with E-state index in [0.29, 0.717) is 4.88 Å². The molecule has 0 unspecified atom stereocenters. The van der Waals surface area contributed by atoms with E-state index in [2.05, 4.69) is 4.72 Å². The lowest BCUT2D eigenvalue weighted by atomic mass is 10.2. The van der Waals surface area contributed by atoms with Crippen molar-refractivity contribution < 1.29 is 18.3 Å². The second kappa shape index (κ2) is 7.28. The molecule has 1 heterocycles. The second-order valence-corrected chi connectivity index (χ2v) is 8.76. The number of aromatic carboxylic acids is 1. The molecule has 0 aliphatic carbocycles. The Bertz CT molecular complexity index is 1080. The molecule has 0 bridgehead atoms. The van der Waals surface area contributed by atoms with Crippen LogP contribution in [0, 0.1) is 0 Å². The predicted molar refractivity (Wildman–Crippen MR) is 104 cm³/mol. The Hall–Kier alpha value is -2.06. The van der Waals surface area contributed by atoms with Gasteiger partial charge in [-0.05, 0) is 29.8 Å². The number of hydrogen-bond donors (Lipinski definition) is 2. The number of anilines is 1. The average molecular weight is 428 g/mol. The van der Waals surface area contributed by atoms with Crippen molar-refractivity contribution in [2.45, 2.75) is 4.90 Å². The number of hydrogen-bond acceptors (Lipinski definition) is 4. The van der Waals surface area contributed by atoms with Gasteiger partial charge in [-0.2, -0.15) is 0 Å². The summed E-state index contributed by atoms with van der Waals surface area (Å²) in [4.78, 5) is 11.9. The van der Waals surface area contributed by atoms with Crippen LogP contribution in [0.25, 0.3) is 10.4 Å². The summed E-state index contributed by atoms with van der Waals surface area (Å²) in [6.07, 6.45) is 0. The van der Waals surface area contributed by atoms with Crippen molar-refractivity contribution in [3.63, 3.8) is 0 Å². The molecule has 0 aliphatic heterocycles. The van der Waals surface area contributed by atoms with Gasteiger partial charge in [-0.25, -0.2) is 13.2 Å².